The van der Waals surface area contributed by atoms with E-state index in [9.17, 15) is 0 Å². The molecule has 0 aromatic heterocycles. The third-order valence-electron chi connectivity index (χ3n) is 2.38. The van der Waals surface area contributed by atoms with E-state index < -0.39 is 0 Å². The maximum absolute atomic E-state index is 5.96. The summed E-state index contributed by atoms with van der Waals surface area (Å²) in [4.78, 5) is 0. The Balaban J connectivity index is 2.52. The summed E-state index contributed by atoms with van der Waals surface area (Å²) in [6.07, 6.45) is 0.905. The highest BCUT2D eigenvalue weighted by Gasteiger charge is 2.18. The van der Waals surface area contributed by atoms with Crippen LogP contribution < -0.4 is 10.5 Å². The average molecular weight is 242 g/mol. The fourth-order valence-corrected chi connectivity index (χ4v) is 1.90. The Hall–Kier alpha value is -0.540. The zero-order chi connectivity index (χ0) is 9.42. The lowest BCUT2D eigenvalue weighted by Crippen LogP contribution is -2.20. The van der Waals surface area contributed by atoms with Gasteiger partial charge in [-0.25, -0.2) is 0 Å². The van der Waals surface area contributed by atoms with Gasteiger partial charge < -0.3 is 10.5 Å². The minimum absolute atomic E-state index is 0.126. The van der Waals surface area contributed by atoms with Crippen LogP contribution in [0.15, 0.2) is 16.6 Å². The number of fused-ring (bicyclic) bond motifs is 1. The van der Waals surface area contributed by atoms with Gasteiger partial charge in [0.1, 0.15) is 5.75 Å². The molecule has 1 atom stereocenters. The lowest BCUT2D eigenvalue weighted by atomic mass is 10.0. The average Bonchev–Trinajstić information content (AvgIpc) is 2.09. The number of hydrogen-bond donors (Lipinski definition) is 1. The van der Waals surface area contributed by atoms with E-state index in [0.29, 0.717) is 0 Å². The monoisotopic (exact) mass is 241 g/mol. The highest BCUT2D eigenvalue weighted by molar-refractivity contribution is 9.10. The summed E-state index contributed by atoms with van der Waals surface area (Å²) in [5.74, 6) is 0.944. The largest absolute Gasteiger partial charge is 0.493 e. The van der Waals surface area contributed by atoms with E-state index in [1.165, 1.54) is 5.56 Å². The van der Waals surface area contributed by atoms with Crippen molar-refractivity contribution in [2.45, 2.75) is 19.4 Å². The van der Waals surface area contributed by atoms with Crippen LogP contribution in [0.25, 0.3) is 0 Å². The number of benzene rings is 1. The normalized spacial score (nSPS) is 20.7. The molecule has 2 rings (SSSR count). The SMILES string of the molecule is Cc1cc2c(cc1Br)C(N)CCO2. The van der Waals surface area contributed by atoms with E-state index in [4.69, 9.17) is 10.5 Å². The molecule has 1 unspecified atom stereocenters. The van der Waals surface area contributed by atoms with Gasteiger partial charge >= 0.3 is 0 Å². The van der Waals surface area contributed by atoms with Crippen LogP contribution in [0.3, 0.4) is 0 Å². The molecular formula is C10H12BrNO. The van der Waals surface area contributed by atoms with E-state index in [2.05, 4.69) is 22.0 Å². The van der Waals surface area contributed by atoms with Crippen molar-refractivity contribution in [2.24, 2.45) is 5.73 Å². The van der Waals surface area contributed by atoms with Crippen LogP contribution in [0, 0.1) is 6.92 Å². The minimum atomic E-state index is 0.126. The van der Waals surface area contributed by atoms with Crippen LogP contribution in [0.5, 0.6) is 5.75 Å². The molecule has 13 heavy (non-hydrogen) atoms. The highest BCUT2D eigenvalue weighted by Crippen LogP contribution is 2.34. The highest BCUT2D eigenvalue weighted by atomic mass is 79.9. The first-order valence-corrected chi connectivity index (χ1v) is 5.16. The van der Waals surface area contributed by atoms with Crippen LogP contribution >= 0.6 is 15.9 Å². The van der Waals surface area contributed by atoms with Gasteiger partial charge in [-0.15, -0.1) is 0 Å². The Bertz CT molecular complexity index is 338. The summed E-state index contributed by atoms with van der Waals surface area (Å²) in [6, 6.07) is 4.23. The number of rotatable bonds is 0. The molecule has 70 valence electrons. The number of nitrogens with two attached hydrogens (primary N) is 1. The van der Waals surface area contributed by atoms with E-state index in [1.807, 2.05) is 13.0 Å². The van der Waals surface area contributed by atoms with Crippen LogP contribution in [-0.4, -0.2) is 6.61 Å². The van der Waals surface area contributed by atoms with Gasteiger partial charge in [-0.1, -0.05) is 15.9 Å². The second-order valence-corrected chi connectivity index (χ2v) is 4.24. The molecule has 0 saturated heterocycles. The summed E-state index contributed by atoms with van der Waals surface area (Å²) in [7, 11) is 0. The second kappa shape index (κ2) is 3.31. The molecule has 0 amide bonds. The zero-order valence-electron chi connectivity index (χ0n) is 7.51. The third kappa shape index (κ3) is 1.58. The van der Waals surface area contributed by atoms with Crippen LogP contribution in [-0.2, 0) is 0 Å². The molecule has 0 aliphatic carbocycles. The van der Waals surface area contributed by atoms with Crippen molar-refractivity contribution < 1.29 is 4.74 Å². The summed E-state index contributed by atoms with van der Waals surface area (Å²) >= 11 is 3.49. The third-order valence-corrected chi connectivity index (χ3v) is 3.23. The summed E-state index contributed by atoms with van der Waals surface area (Å²) < 4.78 is 6.63. The zero-order valence-corrected chi connectivity index (χ0v) is 9.10. The Morgan fingerprint density at radius 1 is 1.54 bits per heavy atom. The van der Waals surface area contributed by atoms with Gasteiger partial charge in [-0.3, -0.25) is 0 Å². The predicted molar refractivity (Wildman–Crippen MR) is 55.9 cm³/mol. The standard InChI is InChI=1S/C10H12BrNO/c1-6-4-10-7(5-8(6)11)9(12)2-3-13-10/h4-5,9H,2-3,12H2,1H3. The number of aryl methyl sites for hydroxylation is 1. The van der Waals surface area contributed by atoms with Gasteiger partial charge in [0.25, 0.3) is 0 Å². The topological polar surface area (TPSA) is 35.2 Å². The molecule has 1 aliphatic heterocycles. The molecule has 0 spiro atoms. The van der Waals surface area contributed by atoms with Crippen LogP contribution in [0.4, 0.5) is 0 Å². The Morgan fingerprint density at radius 3 is 3.08 bits per heavy atom. The fourth-order valence-electron chi connectivity index (χ4n) is 1.54. The maximum Gasteiger partial charge on any atom is 0.124 e. The smallest absolute Gasteiger partial charge is 0.124 e. The lowest BCUT2D eigenvalue weighted by molar-refractivity contribution is 0.268. The summed E-state index contributed by atoms with van der Waals surface area (Å²) in [6.45, 7) is 2.78. The molecule has 1 aliphatic rings. The van der Waals surface area contributed by atoms with Crippen molar-refractivity contribution in [1.82, 2.24) is 0 Å². The molecule has 2 nitrogen and oxygen atoms in total. The van der Waals surface area contributed by atoms with Crippen molar-refractivity contribution in [3.8, 4) is 5.75 Å². The molecule has 1 aromatic carbocycles. The minimum Gasteiger partial charge on any atom is -0.493 e. The number of ether oxygens (including phenoxy) is 1. The number of halogens is 1. The van der Waals surface area contributed by atoms with Crippen molar-refractivity contribution in [1.29, 1.82) is 0 Å². The molecule has 0 radical (unpaired) electrons. The van der Waals surface area contributed by atoms with Gasteiger partial charge in [0.05, 0.1) is 6.61 Å². The Morgan fingerprint density at radius 2 is 2.31 bits per heavy atom. The molecular weight excluding hydrogens is 230 g/mol. The van der Waals surface area contributed by atoms with Gasteiger partial charge in [0.15, 0.2) is 0 Å². The summed E-state index contributed by atoms with van der Waals surface area (Å²) in [5, 5.41) is 0. The van der Waals surface area contributed by atoms with Gasteiger partial charge in [-0.2, -0.15) is 0 Å². The molecule has 0 bridgehead atoms. The van der Waals surface area contributed by atoms with Gasteiger partial charge in [0.2, 0.25) is 0 Å². The lowest BCUT2D eigenvalue weighted by Gasteiger charge is -2.23. The predicted octanol–water partition coefficient (Wildman–Crippen LogP) is 2.54. The molecule has 2 N–H and O–H groups in total. The van der Waals surface area contributed by atoms with Crippen molar-refractivity contribution in [3.05, 3.63) is 27.7 Å². The molecule has 3 heteroatoms. The Labute approximate surface area is 86.2 Å². The molecule has 1 heterocycles. The van der Waals surface area contributed by atoms with Crippen molar-refractivity contribution in [2.75, 3.05) is 6.61 Å². The fraction of sp³-hybridized carbons (Fsp3) is 0.400. The Kier molecular flexibility index (Phi) is 2.30. The quantitative estimate of drug-likeness (QED) is 0.758. The molecule has 0 fully saturated rings. The maximum atomic E-state index is 5.96. The first-order valence-electron chi connectivity index (χ1n) is 4.37. The van der Waals surface area contributed by atoms with Crippen LogP contribution in [0.1, 0.15) is 23.6 Å². The second-order valence-electron chi connectivity index (χ2n) is 3.38. The molecule has 0 saturated carbocycles. The molecule has 1 aromatic rings. The van der Waals surface area contributed by atoms with E-state index in [0.717, 1.165) is 28.8 Å². The number of hydrogen-bond acceptors (Lipinski definition) is 2. The van der Waals surface area contributed by atoms with Crippen molar-refractivity contribution >= 4 is 15.9 Å². The van der Waals surface area contributed by atoms with Crippen LogP contribution in [0.2, 0.25) is 0 Å². The van der Waals surface area contributed by atoms with Gasteiger partial charge in [-0.05, 0) is 24.6 Å². The first kappa shape index (κ1) is 9.03. The first-order chi connectivity index (χ1) is 6.18. The van der Waals surface area contributed by atoms with E-state index >= 15 is 0 Å². The van der Waals surface area contributed by atoms with Gasteiger partial charge in [0, 0.05) is 22.5 Å². The van der Waals surface area contributed by atoms with E-state index in [1.54, 1.807) is 0 Å². The van der Waals surface area contributed by atoms with E-state index in [-0.39, 0.29) is 6.04 Å². The van der Waals surface area contributed by atoms with Crippen molar-refractivity contribution in [3.63, 3.8) is 0 Å². The summed E-state index contributed by atoms with van der Waals surface area (Å²) in [5.41, 5.74) is 8.27.